The highest BCUT2D eigenvalue weighted by molar-refractivity contribution is 7.13. The maximum absolute atomic E-state index is 11.9. The van der Waals surface area contributed by atoms with Gasteiger partial charge in [0.25, 0.3) is 0 Å². The Kier molecular flexibility index (Phi) is 5.19. The summed E-state index contributed by atoms with van der Waals surface area (Å²) in [5.41, 5.74) is 3.74. The number of nitrogens with zero attached hydrogens (tertiary/aromatic N) is 1. The number of carbonyl (C=O) groups is 1. The summed E-state index contributed by atoms with van der Waals surface area (Å²) in [6.07, 6.45) is 1.50. The summed E-state index contributed by atoms with van der Waals surface area (Å²) in [6.45, 7) is 5.87. The molecule has 130 valence electrons. The highest BCUT2D eigenvalue weighted by atomic mass is 32.1. The lowest BCUT2D eigenvalue weighted by atomic mass is 10.1. The third kappa shape index (κ3) is 4.28. The van der Waals surface area contributed by atoms with Gasteiger partial charge in [0.2, 0.25) is 5.89 Å². The molecule has 2 aromatic heterocycles. The lowest BCUT2D eigenvalue weighted by Crippen LogP contribution is -2.15. The minimum absolute atomic E-state index is 0.0585. The van der Waals surface area contributed by atoms with Crippen molar-refractivity contribution >= 4 is 17.3 Å². The Bertz CT molecular complexity index is 844. The Morgan fingerprint density at radius 2 is 2.00 bits per heavy atom. The highest BCUT2D eigenvalue weighted by Crippen LogP contribution is 2.25. The van der Waals surface area contributed by atoms with Gasteiger partial charge in [-0.1, -0.05) is 23.8 Å². The molecule has 0 fully saturated rings. The summed E-state index contributed by atoms with van der Waals surface area (Å²) in [7, 11) is 0. The minimum Gasteiger partial charge on any atom is -0.481 e. The first-order valence-electron chi connectivity index (χ1n) is 7.87. The Hall–Kier alpha value is -2.60. The van der Waals surface area contributed by atoms with Gasteiger partial charge in [-0.15, -0.1) is 11.3 Å². The number of oxazole rings is 1. The zero-order valence-electron chi connectivity index (χ0n) is 14.4. The number of benzene rings is 1. The highest BCUT2D eigenvalue weighted by Gasteiger charge is 2.12. The van der Waals surface area contributed by atoms with Gasteiger partial charge in [0.05, 0.1) is 4.88 Å². The number of hydrogen-bond acceptors (Lipinski definition) is 6. The number of aryl methyl sites for hydroxylation is 3. The number of esters is 1. The Morgan fingerprint density at radius 1 is 1.24 bits per heavy atom. The van der Waals surface area contributed by atoms with Crippen molar-refractivity contribution in [2.24, 2.45) is 0 Å². The summed E-state index contributed by atoms with van der Waals surface area (Å²) in [5.74, 6) is 0.812. The first-order valence-corrected chi connectivity index (χ1v) is 8.75. The largest absolute Gasteiger partial charge is 0.481 e. The summed E-state index contributed by atoms with van der Waals surface area (Å²) in [4.78, 5) is 17.2. The van der Waals surface area contributed by atoms with Crippen LogP contribution in [-0.4, -0.2) is 17.6 Å². The van der Waals surface area contributed by atoms with E-state index in [0.29, 0.717) is 11.6 Å². The normalized spacial score (nSPS) is 10.7. The molecule has 0 spiro atoms. The lowest BCUT2D eigenvalue weighted by molar-refractivity contribution is -0.147. The molecule has 0 atom stereocenters. The SMILES string of the molecule is Cc1cc(C)c(OCC(=O)OCc2coc(-c3cccs3)n2)c(C)c1. The number of aromatic nitrogens is 1. The van der Waals surface area contributed by atoms with Crippen LogP contribution >= 0.6 is 11.3 Å². The number of rotatable bonds is 6. The quantitative estimate of drug-likeness (QED) is 0.610. The molecule has 1 aromatic carbocycles. The van der Waals surface area contributed by atoms with Crippen LogP contribution in [0.5, 0.6) is 5.75 Å². The first-order chi connectivity index (χ1) is 12.0. The third-order valence-electron chi connectivity index (χ3n) is 3.60. The molecule has 0 radical (unpaired) electrons. The van der Waals surface area contributed by atoms with Gasteiger partial charge < -0.3 is 13.9 Å². The summed E-state index contributed by atoms with van der Waals surface area (Å²) < 4.78 is 16.2. The monoisotopic (exact) mass is 357 g/mol. The minimum atomic E-state index is -0.444. The van der Waals surface area contributed by atoms with Crippen LogP contribution < -0.4 is 4.74 Å². The van der Waals surface area contributed by atoms with Gasteiger partial charge in [0.15, 0.2) is 6.61 Å². The molecule has 0 amide bonds. The molecule has 3 rings (SSSR count). The van der Waals surface area contributed by atoms with Gasteiger partial charge in [0.1, 0.15) is 24.3 Å². The molecule has 0 aliphatic rings. The van der Waals surface area contributed by atoms with E-state index in [2.05, 4.69) is 4.98 Å². The second-order valence-electron chi connectivity index (χ2n) is 5.80. The molecule has 2 heterocycles. The average Bonchev–Trinajstić information content (AvgIpc) is 3.23. The fraction of sp³-hybridized carbons (Fsp3) is 0.263. The predicted molar refractivity (Wildman–Crippen MR) is 95.8 cm³/mol. The molecule has 0 N–H and O–H groups in total. The molecular formula is C19H19NO4S. The fourth-order valence-electron chi connectivity index (χ4n) is 2.61. The fourth-order valence-corrected chi connectivity index (χ4v) is 3.26. The summed E-state index contributed by atoms with van der Waals surface area (Å²) >= 11 is 1.54. The van der Waals surface area contributed by atoms with E-state index in [1.54, 1.807) is 0 Å². The zero-order chi connectivity index (χ0) is 17.8. The van der Waals surface area contributed by atoms with Gasteiger partial charge in [-0.2, -0.15) is 0 Å². The van der Waals surface area contributed by atoms with Crippen LogP contribution in [-0.2, 0) is 16.1 Å². The van der Waals surface area contributed by atoms with Crippen molar-refractivity contribution in [3.8, 4) is 16.5 Å². The van der Waals surface area contributed by atoms with E-state index in [1.807, 2.05) is 50.4 Å². The maximum atomic E-state index is 11.9. The maximum Gasteiger partial charge on any atom is 0.344 e. The van der Waals surface area contributed by atoms with Gasteiger partial charge in [0, 0.05) is 0 Å². The molecule has 6 heteroatoms. The van der Waals surface area contributed by atoms with Crippen molar-refractivity contribution in [2.75, 3.05) is 6.61 Å². The van der Waals surface area contributed by atoms with E-state index in [4.69, 9.17) is 13.9 Å². The zero-order valence-corrected chi connectivity index (χ0v) is 15.2. The second-order valence-corrected chi connectivity index (χ2v) is 6.75. The van der Waals surface area contributed by atoms with Gasteiger partial charge in [-0.05, 0) is 43.3 Å². The summed E-state index contributed by atoms with van der Waals surface area (Å²) in [6, 6.07) is 7.90. The molecule has 0 saturated heterocycles. The molecule has 0 bridgehead atoms. The second kappa shape index (κ2) is 7.53. The van der Waals surface area contributed by atoms with Crippen molar-refractivity contribution in [1.82, 2.24) is 4.98 Å². The van der Waals surface area contributed by atoms with Crippen LogP contribution in [0.1, 0.15) is 22.4 Å². The van der Waals surface area contributed by atoms with Gasteiger partial charge >= 0.3 is 5.97 Å². The van der Waals surface area contributed by atoms with Crippen LogP contribution in [0.15, 0.2) is 40.3 Å². The van der Waals surface area contributed by atoms with Crippen molar-refractivity contribution < 1.29 is 18.7 Å². The standard InChI is InChI=1S/C19H19NO4S/c1-12-7-13(2)18(14(3)8-12)23-11-17(21)22-9-15-10-24-19(20-15)16-5-4-6-25-16/h4-8,10H,9,11H2,1-3H3. The number of hydrogen-bond donors (Lipinski definition) is 0. The predicted octanol–water partition coefficient (Wildman–Crippen LogP) is 4.45. The molecule has 3 aromatic rings. The smallest absolute Gasteiger partial charge is 0.344 e. The van der Waals surface area contributed by atoms with Crippen molar-refractivity contribution in [3.05, 3.63) is 58.3 Å². The van der Waals surface area contributed by atoms with Gasteiger partial charge in [-0.3, -0.25) is 0 Å². The van der Waals surface area contributed by atoms with E-state index in [9.17, 15) is 4.79 Å². The molecule has 5 nitrogen and oxygen atoms in total. The lowest BCUT2D eigenvalue weighted by Gasteiger charge is -2.12. The molecule has 0 aliphatic carbocycles. The van der Waals surface area contributed by atoms with Crippen LogP contribution in [0.25, 0.3) is 10.8 Å². The van der Waals surface area contributed by atoms with E-state index < -0.39 is 5.97 Å². The summed E-state index contributed by atoms with van der Waals surface area (Å²) in [5, 5.41) is 1.95. The topological polar surface area (TPSA) is 61.6 Å². The Balaban J connectivity index is 1.52. The molecular weight excluding hydrogens is 338 g/mol. The third-order valence-corrected chi connectivity index (χ3v) is 4.46. The number of carbonyl (C=O) groups excluding carboxylic acids is 1. The van der Waals surface area contributed by atoms with E-state index in [0.717, 1.165) is 27.3 Å². The van der Waals surface area contributed by atoms with Crippen molar-refractivity contribution in [2.45, 2.75) is 27.4 Å². The molecule has 25 heavy (non-hydrogen) atoms. The number of ether oxygens (including phenoxy) is 2. The van der Waals surface area contributed by atoms with Crippen LogP contribution in [0.2, 0.25) is 0 Å². The van der Waals surface area contributed by atoms with Crippen LogP contribution in [0.4, 0.5) is 0 Å². The van der Waals surface area contributed by atoms with Crippen molar-refractivity contribution in [3.63, 3.8) is 0 Å². The van der Waals surface area contributed by atoms with Crippen LogP contribution in [0, 0.1) is 20.8 Å². The average molecular weight is 357 g/mol. The van der Waals surface area contributed by atoms with E-state index >= 15 is 0 Å². The molecule has 0 saturated carbocycles. The number of thiophene rings is 1. The molecule has 0 unspecified atom stereocenters. The first kappa shape index (κ1) is 17.2. The molecule has 0 aliphatic heterocycles. The van der Waals surface area contributed by atoms with Crippen molar-refractivity contribution in [1.29, 1.82) is 0 Å². The van der Waals surface area contributed by atoms with E-state index in [-0.39, 0.29) is 13.2 Å². The van der Waals surface area contributed by atoms with Crippen LogP contribution in [0.3, 0.4) is 0 Å². The van der Waals surface area contributed by atoms with Gasteiger partial charge in [-0.25, -0.2) is 9.78 Å². The Morgan fingerprint density at radius 3 is 2.68 bits per heavy atom. The van der Waals surface area contributed by atoms with E-state index in [1.165, 1.54) is 17.6 Å². The Labute approximate surface area is 150 Å².